The van der Waals surface area contributed by atoms with Crippen LogP contribution in [-0.4, -0.2) is 29.4 Å². The third-order valence-corrected chi connectivity index (χ3v) is 8.86. The van der Waals surface area contributed by atoms with Crippen LogP contribution in [0.5, 0.6) is 0 Å². The van der Waals surface area contributed by atoms with E-state index in [1.165, 1.54) is 23.5 Å². The van der Waals surface area contributed by atoms with Crippen LogP contribution in [0.4, 0.5) is 10.1 Å². The van der Waals surface area contributed by atoms with Gasteiger partial charge in [-0.3, -0.25) is 14.4 Å². The summed E-state index contributed by atoms with van der Waals surface area (Å²) in [4.78, 5) is 45.7. The van der Waals surface area contributed by atoms with Crippen LogP contribution in [0.15, 0.2) is 96.4 Å². The quantitative estimate of drug-likeness (QED) is 0.246. The second-order valence-electron chi connectivity index (χ2n) is 9.66. The van der Waals surface area contributed by atoms with Gasteiger partial charge in [0.2, 0.25) is 0 Å². The van der Waals surface area contributed by atoms with Gasteiger partial charge in [0.25, 0.3) is 0 Å². The van der Waals surface area contributed by atoms with E-state index < -0.39 is 29.2 Å². The fraction of sp³-hybridized carbons (Fsp3) is 0.129. The van der Waals surface area contributed by atoms with Gasteiger partial charge in [-0.2, -0.15) is 0 Å². The van der Waals surface area contributed by atoms with E-state index in [0.717, 1.165) is 11.3 Å². The molecule has 3 atom stereocenters. The van der Waals surface area contributed by atoms with Gasteiger partial charge in [-0.25, -0.2) is 4.39 Å². The minimum Gasteiger partial charge on any atom is -0.352 e. The number of carbonyl (C=O) groups is 3. The summed E-state index contributed by atoms with van der Waals surface area (Å²) in [7, 11) is 0. The number of hydrogen-bond acceptors (Lipinski definition) is 5. The number of fused-ring (bicyclic) bond motifs is 5. The molecule has 0 bridgehead atoms. The Balaban J connectivity index is 1.56. The lowest BCUT2D eigenvalue weighted by atomic mass is 9.64. The maximum absolute atomic E-state index is 14.4. The zero-order valence-corrected chi connectivity index (χ0v) is 20.3. The van der Waals surface area contributed by atoms with Crippen molar-refractivity contribution in [3.63, 3.8) is 0 Å². The molecular formula is C31H20FNO3S. The molecule has 1 spiro atoms. The highest BCUT2D eigenvalue weighted by atomic mass is 32.1. The molecule has 0 amide bonds. The van der Waals surface area contributed by atoms with Gasteiger partial charge in [-0.05, 0) is 40.8 Å². The van der Waals surface area contributed by atoms with Crippen molar-refractivity contribution in [3.05, 3.63) is 129 Å². The van der Waals surface area contributed by atoms with Crippen molar-refractivity contribution in [1.82, 2.24) is 0 Å². The third kappa shape index (κ3) is 2.84. The second kappa shape index (κ2) is 7.92. The van der Waals surface area contributed by atoms with Crippen LogP contribution in [0.25, 0.3) is 6.08 Å². The maximum atomic E-state index is 14.4. The standard InChI is InChI=1S/C31H20FNO3S/c32-20-14-11-19(12-15-20)26-27(28(34)24-10-5-17-37-24)33-23-9-4-1-6-18(23)13-16-25(33)31(26)29(35)21-7-2-3-8-22(21)30(31)36/h1-17,25-27H/t25-,26-,27-/m0/s1. The summed E-state index contributed by atoms with van der Waals surface area (Å²) in [5, 5.41) is 1.84. The first-order valence-electron chi connectivity index (χ1n) is 12.1. The molecule has 1 aromatic heterocycles. The Morgan fingerprint density at radius 3 is 2.19 bits per heavy atom. The summed E-state index contributed by atoms with van der Waals surface area (Å²) in [5.74, 6) is -1.98. The van der Waals surface area contributed by atoms with E-state index in [9.17, 15) is 18.8 Å². The molecule has 1 saturated heterocycles. The normalized spacial score (nSPS) is 22.7. The highest BCUT2D eigenvalue weighted by Crippen LogP contribution is 2.61. The molecule has 2 aliphatic heterocycles. The summed E-state index contributed by atoms with van der Waals surface area (Å²) in [6.07, 6.45) is 3.82. The molecule has 1 fully saturated rings. The molecule has 3 aromatic carbocycles. The number of para-hydroxylation sites is 1. The Hall–Kier alpha value is -4.16. The number of rotatable bonds is 3. The molecule has 3 heterocycles. The van der Waals surface area contributed by atoms with E-state index in [4.69, 9.17) is 0 Å². The van der Waals surface area contributed by atoms with E-state index in [2.05, 4.69) is 0 Å². The SMILES string of the molecule is O=C(c1cccs1)[C@@H]1[C@H](c2ccc(F)cc2)C2(C(=O)c3ccccc3C2=O)[C@@H]2C=Cc3ccccc3N12. The number of hydrogen-bond donors (Lipinski definition) is 0. The van der Waals surface area contributed by atoms with Crippen molar-refractivity contribution in [2.45, 2.75) is 18.0 Å². The fourth-order valence-electron chi connectivity index (χ4n) is 6.53. The van der Waals surface area contributed by atoms with Crippen LogP contribution >= 0.6 is 11.3 Å². The molecule has 180 valence electrons. The fourth-order valence-corrected chi connectivity index (χ4v) is 7.22. The summed E-state index contributed by atoms with van der Waals surface area (Å²) in [5.41, 5.74) is 1.47. The van der Waals surface area contributed by atoms with Gasteiger partial charge in [-0.15, -0.1) is 11.3 Å². The van der Waals surface area contributed by atoms with Crippen LogP contribution in [0.1, 0.15) is 47.4 Å². The van der Waals surface area contributed by atoms with Gasteiger partial charge in [-0.1, -0.05) is 72.8 Å². The van der Waals surface area contributed by atoms with Gasteiger partial charge < -0.3 is 4.90 Å². The van der Waals surface area contributed by atoms with Crippen molar-refractivity contribution in [1.29, 1.82) is 0 Å². The van der Waals surface area contributed by atoms with E-state index in [-0.39, 0.29) is 17.3 Å². The van der Waals surface area contributed by atoms with Crippen molar-refractivity contribution < 1.29 is 18.8 Å². The van der Waals surface area contributed by atoms with Crippen LogP contribution in [0.3, 0.4) is 0 Å². The van der Waals surface area contributed by atoms with E-state index in [0.29, 0.717) is 21.6 Å². The number of benzene rings is 3. The molecule has 4 nitrogen and oxygen atoms in total. The van der Waals surface area contributed by atoms with Crippen molar-refractivity contribution in [2.75, 3.05) is 4.90 Å². The molecule has 37 heavy (non-hydrogen) atoms. The summed E-state index contributed by atoms with van der Waals surface area (Å²) < 4.78 is 14.1. The molecule has 0 N–H and O–H groups in total. The molecule has 1 aliphatic carbocycles. The monoisotopic (exact) mass is 505 g/mol. The highest BCUT2D eigenvalue weighted by molar-refractivity contribution is 7.12. The molecule has 0 saturated carbocycles. The Labute approximate surface area is 216 Å². The lowest BCUT2D eigenvalue weighted by Gasteiger charge is -2.37. The van der Waals surface area contributed by atoms with Gasteiger partial charge in [0.05, 0.1) is 10.9 Å². The zero-order valence-electron chi connectivity index (χ0n) is 19.5. The first-order valence-corrected chi connectivity index (χ1v) is 13.0. The average Bonchev–Trinajstić information content (AvgIpc) is 3.63. The van der Waals surface area contributed by atoms with Gasteiger partial charge in [0.15, 0.2) is 17.3 Å². The number of thiophene rings is 1. The first-order chi connectivity index (χ1) is 18.0. The van der Waals surface area contributed by atoms with Crippen molar-refractivity contribution in [2.24, 2.45) is 5.41 Å². The number of ketones is 3. The average molecular weight is 506 g/mol. The number of carbonyl (C=O) groups excluding carboxylic acids is 3. The molecule has 6 heteroatoms. The van der Waals surface area contributed by atoms with Crippen LogP contribution in [0, 0.1) is 11.2 Å². The van der Waals surface area contributed by atoms with Gasteiger partial charge >= 0.3 is 0 Å². The largest absolute Gasteiger partial charge is 0.352 e. The van der Waals surface area contributed by atoms with E-state index in [1.54, 1.807) is 42.5 Å². The number of halogens is 1. The smallest absolute Gasteiger partial charge is 0.195 e. The molecule has 0 unspecified atom stereocenters. The van der Waals surface area contributed by atoms with Crippen molar-refractivity contribution >= 4 is 40.4 Å². The lowest BCUT2D eigenvalue weighted by Crippen LogP contribution is -2.48. The Morgan fingerprint density at radius 1 is 0.838 bits per heavy atom. The Bertz CT molecular complexity index is 1590. The van der Waals surface area contributed by atoms with Crippen LogP contribution < -0.4 is 4.90 Å². The molecular weight excluding hydrogens is 485 g/mol. The summed E-state index contributed by atoms with van der Waals surface area (Å²) in [6, 6.07) is 22.5. The predicted octanol–water partition coefficient (Wildman–Crippen LogP) is 6.20. The topological polar surface area (TPSA) is 54.5 Å². The van der Waals surface area contributed by atoms with Crippen LogP contribution in [0.2, 0.25) is 0 Å². The van der Waals surface area contributed by atoms with Crippen molar-refractivity contribution in [3.8, 4) is 0 Å². The Morgan fingerprint density at radius 2 is 1.51 bits per heavy atom. The maximum Gasteiger partial charge on any atom is 0.195 e. The van der Waals surface area contributed by atoms with E-state index >= 15 is 0 Å². The number of nitrogens with zero attached hydrogens (tertiary/aromatic N) is 1. The zero-order chi connectivity index (χ0) is 25.3. The van der Waals surface area contributed by atoms with E-state index in [1.807, 2.05) is 52.8 Å². The summed E-state index contributed by atoms with van der Waals surface area (Å²) in [6.45, 7) is 0. The van der Waals surface area contributed by atoms with Crippen LogP contribution in [-0.2, 0) is 0 Å². The first kappa shape index (κ1) is 22.1. The van der Waals surface area contributed by atoms with Gasteiger partial charge in [0, 0.05) is 22.7 Å². The van der Waals surface area contributed by atoms with Gasteiger partial charge in [0.1, 0.15) is 17.3 Å². The minimum atomic E-state index is -1.57. The number of Topliss-reactive ketones (excluding diaryl/α,β-unsaturated/α-hetero) is 3. The predicted molar refractivity (Wildman–Crippen MR) is 141 cm³/mol. The minimum absolute atomic E-state index is 0.159. The molecule has 3 aliphatic rings. The third-order valence-electron chi connectivity index (χ3n) is 7.97. The second-order valence-corrected chi connectivity index (χ2v) is 10.6. The summed E-state index contributed by atoms with van der Waals surface area (Å²) >= 11 is 1.33. The highest BCUT2D eigenvalue weighted by Gasteiger charge is 2.71. The lowest BCUT2D eigenvalue weighted by molar-refractivity contribution is 0.0666. The molecule has 7 rings (SSSR count). The Kier molecular flexibility index (Phi) is 4.72. The number of anilines is 1. The molecule has 4 aromatic rings. The molecule has 0 radical (unpaired) electrons.